The second-order valence-electron chi connectivity index (χ2n) is 6.36. The van der Waals surface area contributed by atoms with Crippen LogP contribution in [0.5, 0.6) is 0 Å². The molecule has 0 spiro atoms. The minimum atomic E-state index is 0.0125. The first-order valence-electron chi connectivity index (χ1n) is 6.83. The third kappa shape index (κ3) is 2.30. The topological polar surface area (TPSA) is 59.7 Å². The molecule has 0 aromatic carbocycles. The van der Waals surface area contributed by atoms with Gasteiger partial charge in [0.2, 0.25) is 5.13 Å². The van der Waals surface area contributed by atoms with Gasteiger partial charge in [0.1, 0.15) is 17.5 Å². The van der Waals surface area contributed by atoms with Crippen LogP contribution in [0.25, 0.3) is 0 Å². The maximum atomic E-state index is 4.65. The van der Waals surface area contributed by atoms with E-state index in [1.54, 1.807) is 0 Å². The highest BCUT2D eigenvalue weighted by atomic mass is 32.1. The largest absolute Gasteiger partial charge is 0.342 e. The van der Waals surface area contributed by atoms with Crippen molar-refractivity contribution < 1.29 is 0 Å². The Hall–Kier alpha value is -1.50. The molecule has 7 heteroatoms. The molecule has 1 aliphatic rings. The van der Waals surface area contributed by atoms with E-state index >= 15 is 0 Å². The Kier molecular flexibility index (Phi) is 3.04. The number of aryl methyl sites for hydroxylation is 2. The summed E-state index contributed by atoms with van der Waals surface area (Å²) in [7, 11) is 0. The van der Waals surface area contributed by atoms with Crippen LogP contribution in [0.4, 0.5) is 5.13 Å². The maximum absolute atomic E-state index is 4.65. The van der Waals surface area contributed by atoms with E-state index in [0.29, 0.717) is 6.04 Å². The lowest BCUT2D eigenvalue weighted by Gasteiger charge is -2.38. The molecule has 2 aromatic rings. The first-order valence-corrected chi connectivity index (χ1v) is 7.61. The summed E-state index contributed by atoms with van der Waals surface area (Å²) in [4.78, 5) is 11.3. The van der Waals surface area contributed by atoms with Crippen LogP contribution in [-0.2, 0) is 5.41 Å². The predicted molar refractivity (Wildman–Crippen MR) is 79.4 cm³/mol. The van der Waals surface area contributed by atoms with Crippen molar-refractivity contribution in [3.05, 3.63) is 17.5 Å². The monoisotopic (exact) mass is 292 g/mol. The zero-order chi connectivity index (χ0) is 14.5. The van der Waals surface area contributed by atoms with E-state index in [4.69, 9.17) is 0 Å². The summed E-state index contributed by atoms with van der Waals surface area (Å²) in [5.74, 6) is 2.75. The molecule has 0 N–H and O–H groups in total. The van der Waals surface area contributed by atoms with E-state index in [2.05, 4.69) is 45.1 Å². The quantitative estimate of drug-likeness (QED) is 0.848. The molecule has 0 atom stereocenters. The molecule has 0 amide bonds. The lowest BCUT2D eigenvalue weighted by Crippen LogP contribution is -2.48. The van der Waals surface area contributed by atoms with Crippen molar-refractivity contribution in [2.45, 2.75) is 46.1 Å². The van der Waals surface area contributed by atoms with Crippen molar-refractivity contribution >= 4 is 16.7 Å². The number of nitrogens with zero attached hydrogens (tertiary/aromatic N) is 6. The van der Waals surface area contributed by atoms with Crippen LogP contribution < -0.4 is 4.90 Å². The van der Waals surface area contributed by atoms with Crippen LogP contribution in [-0.4, -0.2) is 37.2 Å². The molecular weight excluding hydrogens is 272 g/mol. The fourth-order valence-electron chi connectivity index (χ4n) is 2.30. The van der Waals surface area contributed by atoms with Gasteiger partial charge in [-0.05, 0) is 13.8 Å². The van der Waals surface area contributed by atoms with Crippen molar-refractivity contribution in [1.29, 1.82) is 0 Å². The average Bonchev–Trinajstić information content (AvgIpc) is 2.84. The zero-order valence-electron chi connectivity index (χ0n) is 12.6. The third-order valence-electron chi connectivity index (χ3n) is 3.47. The van der Waals surface area contributed by atoms with Gasteiger partial charge in [-0.15, -0.1) is 0 Å². The van der Waals surface area contributed by atoms with Gasteiger partial charge in [-0.1, -0.05) is 20.8 Å². The van der Waals surface area contributed by atoms with E-state index in [1.807, 2.05) is 18.5 Å². The van der Waals surface area contributed by atoms with Crippen molar-refractivity contribution in [2.24, 2.45) is 0 Å². The van der Waals surface area contributed by atoms with Gasteiger partial charge in [0.25, 0.3) is 0 Å². The van der Waals surface area contributed by atoms with Crippen molar-refractivity contribution in [2.75, 3.05) is 18.0 Å². The first kappa shape index (κ1) is 13.5. The molecule has 3 heterocycles. The molecule has 108 valence electrons. The standard InChI is InChI=1S/C13H20N6S/c1-8-14-9(2)19(16-8)10-6-18(7-10)12-15-11(17-20-12)13(3,4)5/h10H,6-7H2,1-5H3. The second kappa shape index (κ2) is 4.51. The van der Waals surface area contributed by atoms with Gasteiger partial charge in [0.05, 0.1) is 6.04 Å². The van der Waals surface area contributed by atoms with Gasteiger partial charge in [0.15, 0.2) is 0 Å². The minimum absolute atomic E-state index is 0.0125. The number of aromatic nitrogens is 5. The highest BCUT2D eigenvalue weighted by Crippen LogP contribution is 2.31. The van der Waals surface area contributed by atoms with Crippen LogP contribution in [0.1, 0.15) is 44.3 Å². The van der Waals surface area contributed by atoms with Crippen LogP contribution in [0, 0.1) is 13.8 Å². The van der Waals surface area contributed by atoms with E-state index < -0.39 is 0 Å². The Labute approximate surface area is 123 Å². The molecule has 0 unspecified atom stereocenters. The van der Waals surface area contributed by atoms with E-state index in [0.717, 1.165) is 35.7 Å². The Bertz CT molecular complexity index is 617. The lowest BCUT2D eigenvalue weighted by atomic mass is 9.96. The molecule has 2 aromatic heterocycles. The average molecular weight is 292 g/mol. The molecule has 0 radical (unpaired) electrons. The summed E-state index contributed by atoms with van der Waals surface area (Å²) in [6.45, 7) is 12.2. The van der Waals surface area contributed by atoms with E-state index in [9.17, 15) is 0 Å². The summed E-state index contributed by atoms with van der Waals surface area (Å²) in [6, 6.07) is 0.401. The highest BCUT2D eigenvalue weighted by molar-refractivity contribution is 7.09. The molecule has 1 saturated heterocycles. The molecule has 0 bridgehead atoms. The maximum Gasteiger partial charge on any atom is 0.205 e. The van der Waals surface area contributed by atoms with Crippen LogP contribution in [0.2, 0.25) is 0 Å². The fourth-order valence-corrected chi connectivity index (χ4v) is 3.17. The molecular formula is C13H20N6S. The fraction of sp³-hybridized carbons (Fsp3) is 0.692. The van der Waals surface area contributed by atoms with Crippen molar-refractivity contribution in [1.82, 2.24) is 24.1 Å². The van der Waals surface area contributed by atoms with Crippen LogP contribution in [0.15, 0.2) is 0 Å². The summed E-state index contributed by atoms with van der Waals surface area (Å²) in [6.07, 6.45) is 0. The van der Waals surface area contributed by atoms with Crippen molar-refractivity contribution in [3.8, 4) is 0 Å². The number of rotatable bonds is 2. The predicted octanol–water partition coefficient (Wildman–Crippen LogP) is 2.11. The molecule has 3 rings (SSSR count). The number of hydrogen-bond donors (Lipinski definition) is 0. The van der Waals surface area contributed by atoms with Crippen LogP contribution in [0.3, 0.4) is 0 Å². The Morgan fingerprint density at radius 2 is 1.85 bits per heavy atom. The number of hydrogen-bond acceptors (Lipinski definition) is 6. The van der Waals surface area contributed by atoms with Gasteiger partial charge >= 0.3 is 0 Å². The minimum Gasteiger partial charge on any atom is -0.342 e. The summed E-state index contributed by atoms with van der Waals surface area (Å²) in [5, 5.41) is 5.47. The molecule has 6 nitrogen and oxygen atoms in total. The highest BCUT2D eigenvalue weighted by Gasteiger charge is 2.33. The molecule has 0 saturated carbocycles. The second-order valence-corrected chi connectivity index (χ2v) is 7.09. The Balaban J connectivity index is 1.69. The lowest BCUT2D eigenvalue weighted by molar-refractivity contribution is 0.359. The molecule has 1 aliphatic heterocycles. The first-order chi connectivity index (χ1) is 9.34. The van der Waals surface area contributed by atoms with Gasteiger partial charge in [-0.3, -0.25) is 0 Å². The van der Waals surface area contributed by atoms with Crippen LogP contribution >= 0.6 is 11.5 Å². The normalized spacial score (nSPS) is 16.6. The molecule has 1 fully saturated rings. The van der Waals surface area contributed by atoms with Gasteiger partial charge < -0.3 is 4.90 Å². The van der Waals surface area contributed by atoms with Crippen molar-refractivity contribution in [3.63, 3.8) is 0 Å². The third-order valence-corrected chi connectivity index (χ3v) is 4.25. The number of anilines is 1. The summed E-state index contributed by atoms with van der Waals surface area (Å²) >= 11 is 1.49. The smallest absolute Gasteiger partial charge is 0.205 e. The Morgan fingerprint density at radius 3 is 2.35 bits per heavy atom. The van der Waals surface area contributed by atoms with Gasteiger partial charge in [-0.2, -0.15) is 9.47 Å². The Morgan fingerprint density at radius 1 is 1.15 bits per heavy atom. The van der Waals surface area contributed by atoms with E-state index in [1.165, 1.54) is 11.5 Å². The molecule has 0 aliphatic carbocycles. The molecule has 20 heavy (non-hydrogen) atoms. The summed E-state index contributed by atoms with van der Waals surface area (Å²) < 4.78 is 6.49. The van der Waals surface area contributed by atoms with Gasteiger partial charge in [-0.25, -0.2) is 14.6 Å². The SMILES string of the molecule is Cc1nc(C)n(C2CN(c3nc(C(C)(C)C)ns3)C2)n1. The zero-order valence-corrected chi connectivity index (χ0v) is 13.4. The van der Waals surface area contributed by atoms with E-state index in [-0.39, 0.29) is 5.41 Å². The summed E-state index contributed by atoms with van der Waals surface area (Å²) in [5.41, 5.74) is 0.0125. The van der Waals surface area contributed by atoms with Gasteiger partial charge in [0, 0.05) is 30.0 Å².